The molecule has 0 heterocycles. The molecule has 1 atom stereocenters. The van der Waals surface area contributed by atoms with Crippen molar-refractivity contribution in [2.45, 2.75) is 33.1 Å². The average molecular weight is 311 g/mol. The lowest BCUT2D eigenvalue weighted by atomic mass is 9.98. The molecule has 1 aromatic rings. The summed E-state index contributed by atoms with van der Waals surface area (Å²) >= 11 is 5.96. The number of halogens is 2. The summed E-state index contributed by atoms with van der Waals surface area (Å²) in [5.74, 6) is -1.63. The van der Waals surface area contributed by atoms with Gasteiger partial charge in [-0.3, -0.25) is 4.79 Å². The van der Waals surface area contributed by atoms with Crippen LogP contribution in [0.2, 0.25) is 5.02 Å². The number of carbonyl (C=O) groups excluding carboxylic acids is 1. The molecule has 3 nitrogen and oxygen atoms in total. The molecule has 1 aromatic carbocycles. The molecule has 1 amide bonds. The Bertz CT molecular complexity index is 501. The van der Waals surface area contributed by atoms with Crippen LogP contribution in [0.1, 0.15) is 32.3 Å². The first kappa shape index (κ1) is 17.5. The maximum atomic E-state index is 13.8. The minimum absolute atomic E-state index is 0.00473. The minimum atomic E-state index is -0.905. The Labute approximate surface area is 130 Å². The second-order valence-corrected chi connectivity index (χ2v) is 5.32. The van der Waals surface area contributed by atoms with E-state index in [0.29, 0.717) is 13.1 Å². The van der Waals surface area contributed by atoms with E-state index in [0.717, 1.165) is 12.8 Å². The van der Waals surface area contributed by atoms with Crippen LogP contribution < -0.4 is 0 Å². The maximum Gasteiger partial charge on any atom is 0.240 e. The summed E-state index contributed by atoms with van der Waals surface area (Å²) in [6.45, 7) is 5.17. The largest absolute Gasteiger partial charge is 0.342 e. The molecule has 1 rings (SSSR count). The normalized spacial score (nSPS) is 11.8. The summed E-state index contributed by atoms with van der Waals surface area (Å²) in [6.07, 6.45) is 1.65. The summed E-state index contributed by atoms with van der Waals surface area (Å²) in [5.41, 5.74) is 0.229. The molecule has 0 radical (unpaired) electrons. The zero-order valence-corrected chi connectivity index (χ0v) is 13.2. The van der Waals surface area contributed by atoms with Crippen molar-refractivity contribution in [2.24, 2.45) is 5.92 Å². The SMILES string of the molecule is CCCN(CCC)C(=O)C(C#N)Cc1c(F)cccc1Cl. The first-order valence-corrected chi connectivity index (χ1v) is 7.54. The highest BCUT2D eigenvalue weighted by molar-refractivity contribution is 6.31. The van der Waals surface area contributed by atoms with Gasteiger partial charge in [0.1, 0.15) is 11.7 Å². The zero-order valence-electron chi connectivity index (χ0n) is 12.4. The fraction of sp³-hybridized carbons (Fsp3) is 0.500. The van der Waals surface area contributed by atoms with Crippen LogP contribution in [0, 0.1) is 23.1 Å². The highest BCUT2D eigenvalue weighted by atomic mass is 35.5. The van der Waals surface area contributed by atoms with Crippen molar-refractivity contribution in [3.63, 3.8) is 0 Å². The lowest BCUT2D eigenvalue weighted by Crippen LogP contribution is -2.37. The van der Waals surface area contributed by atoms with Crippen molar-refractivity contribution in [3.05, 3.63) is 34.6 Å². The lowest BCUT2D eigenvalue weighted by molar-refractivity contribution is -0.133. The average Bonchev–Trinajstić information content (AvgIpc) is 2.46. The number of amides is 1. The van der Waals surface area contributed by atoms with Crippen molar-refractivity contribution < 1.29 is 9.18 Å². The van der Waals surface area contributed by atoms with Crippen LogP contribution in [-0.4, -0.2) is 23.9 Å². The lowest BCUT2D eigenvalue weighted by Gasteiger charge is -2.24. The van der Waals surface area contributed by atoms with Gasteiger partial charge in [0.15, 0.2) is 0 Å². The molecule has 0 aliphatic heterocycles. The fourth-order valence-electron chi connectivity index (χ4n) is 2.21. The molecule has 21 heavy (non-hydrogen) atoms. The summed E-state index contributed by atoms with van der Waals surface area (Å²) < 4.78 is 13.8. The first-order chi connectivity index (χ1) is 10.0. The van der Waals surface area contributed by atoms with E-state index in [-0.39, 0.29) is 22.9 Å². The number of carbonyl (C=O) groups is 1. The molecule has 1 unspecified atom stereocenters. The van der Waals surface area contributed by atoms with E-state index >= 15 is 0 Å². The molecule has 5 heteroatoms. The van der Waals surface area contributed by atoms with Crippen LogP contribution in [0.3, 0.4) is 0 Å². The van der Waals surface area contributed by atoms with Gasteiger partial charge in [0, 0.05) is 30.1 Å². The fourth-order valence-corrected chi connectivity index (χ4v) is 2.45. The Morgan fingerprint density at radius 3 is 2.48 bits per heavy atom. The van der Waals surface area contributed by atoms with Crippen LogP contribution >= 0.6 is 11.6 Å². The highest BCUT2D eigenvalue weighted by Gasteiger charge is 2.25. The van der Waals surface area contributed by atoms with E-state index in [1.807, 2.05) is 19.9 Å². The molecule has 0 spiro atoms. The van der Waals surface area contributed by atoms with Crippen LogP contribution in [0.15, 0.2) is 18.2 Å². The van der Waals surface area contributed by atoms with Gasteiger partial charge >= 0.3 is 0 Å². The number of nitrogens with zero attached hydrogens (tertiary/aromatic N) is 2. The van der Waals surface area contributed by atoms with Crippen molar-refractivity contribution in [3.8, 4) is 6.07 Å². The topological polar surface area (TPSA) is 44.1 Å². The molecule has 0 fully saturated rings. The number of hydrogen-bond acceptors (Lipinski definition) is 2. The van der Waals surface area contributed by atoms with Gasteiger partial charge in [0.25, 0.3) is 0 Å². The highest BCUT2D eigenvalue weighted by Crippen LogP contribution is 2.23. The second kappa shape index (κ2) is 8.63. The van der Waals surface area contributed by atoms with E-state index < -0.39 is 11.7 Å². The third-order valence-corrected chi connectivity index (χ3v) is 3.58. The molecule has 0 saturated carbocycles. The summed E-state index contributed by atoms with van der Waals surface area (Å²) in [5, 5.41) is 9.51. The van der Waals surface area contributed by atoms with E-state index in [2.05, 4.69) is 0 Å². The maximum absolute atomic E-state index is 13.8. The van der Waals surface area contributed by atoms with Gasteiger partial charge < -0.3 is 4.90 Å². The number of hydrogen-bond donors (Lipinski definition) is 0. The molecule has 0 aliphatic rings. The van der Waals surface area contributed by atoms with Gasteiger partial charge in [-0.2, -0.15) is 5.26 Å². The van der Waals surface area contributed by atoms with Crippen LogP contribution in [0.25, 0.3) is 0 Å². The van der Waals surface area contributed by atoms with Crippen LogP contribution in [0.5, 0.6) is 0 Å². The van der Waals surface area contributed by atoms with Crippen LogP contribution in [-0.2, 0) is 11.2 Å². The van der Waals surface area contributed by atoms with E-state index in [9.17, 15) is 14.4 Å². The Morgan fingerprint density at radius 1 is 1.38 bits per heavy atom. The first-order valence-electron chi connectivity index (χ1n) is 7.16. The zero-order chi connectivity index (χ0) is 15.8. The molecule has 0 aromatic heterocycles. The quantitative estimate of drug-likeness (QED) is 0.768. The molecule has 114 valence electrons. The predicted octanol–water partition coefficient (Wildman–Crippen LogP) is 3.81. The van der Waals surface area contributed by atoms with Crippen molar-refractivity contribution in [2.75, 3.05) is 13.1 Å². The smallest absolute Gasteiger partial charge is 0.240 e. The van der Waals surface area contributed by atoms with E-state index in [1.165, 1.54) is 12.1 Å². The number of benzene rings is 1. The Kier molecular flexibility index (Phi) is 7.18. The molecule has 0 aliphatic carbocycles. The molecular formula is C16H20ClFN2O. The molecular weight excluding hydrogens is 291 g/mol. The van der Waals surface area contributed by atoms with Gasteiger partial charge in [-0.25, -0.2) is 4.39 Å². The molecule has 0 N–H and O–H groups in total. The minimum Gasteiger partial charge on any atom is -0.342 e. The summed E-state index contributed by atoms with van der Waals surface area (Å²) in [4.78, 5) is 14.1. The van der Waals surface area contributed by atoms with Gasteiger partial charge in [0.05, 0.1) is 6.07 Å². The number of nitriles is 1. The Hall–Kier alpha value is -1.60. The van der Waals surface area contributed by atoms with Crippen molar-refractivity contribution in [1.82, 2.24) is 4.90 Å². The molecule has 0 saturated heterocycles. The van der Waals surface area contributed by atoms with Crippen molar-refractivity contribution >= 4 is 17.5 Å². The Morgan fingerprint density at radius 2 is 2.00 bits per heavy atom. The third kappa shape index (κ3) is 4.71. The van der Waals surface area contributed by atoms with Crippen molar-refractivity contribution in [1.29, 1.82) is 5.26 Å². The summed E-state index contributed by atoms with van der Waals surface area (Å²) in [6, 6.07) is 6.34. The van der Waals surface area contributed by atoms with Gasteiger partial charge in [-0.1, -0.05) is 31.5 Å². The third-order valence-electron chi connectivity index (χ3n) is 3.22. The van der Waals surface area contributed by atoms with E-state index in [1.54, 1.807) is 11.0 Å². The van der Waals surface area contributed by atoms with Gasteiger partial charge in [-0.15, -0.1) is 0 Å². The van der Waals surface area contributed by atoms with Crippen LogP contribution in [0.4, 0.5) is 4.39 Å². The monoisotopic (exact) mass is 310 g/mol. The summed E-state index contributed by atoms with van der Waals surface area (Å²) in [7, 11) is 0. The van der Waals surface area contributed by atoms with Gasteiger partial charge in [0.2, 0.25) is 5.91 Å². The molecule has 0 bridgehead atoms. The van der Waals surface area contributed by atoms with E-state index in [4.69, 9.17) is 11.6 Å². The predicted molar refractivity (Wildman–Crippen MR) is 81.4 cm³/mol. The standard InChI is InChI=1S/C16H20ClFN2O/c1-3-8-20(9-4-2)16(21)12(11-19)10-13-14(17)6-5-7-15(13)18/h5-7,12H,3-4,8-10H2,1-2H3. The van der Waals surface area contributed by atoms with Gasteiger partial charge in [-0.05, 0) is 25.0 Å². The second-order valence-electron chi connectivity index (χ2n) is 4.91. The number of rotatable bonds is 7. The Balaban J connectivity index is 2.92.